The molecule has 0 spiro atoms. The maximum atomic E-state index is 4.97. The number of nitrogens with one attached hydrogen (secondary N) is 1. The van der Waals surface area contributed by atoms with Crippen molar-refractivity contribution in [2.24, 2.45) is 5.92 Å². The van der Waals surface area contributed by atoms with E-state index >= 15 is 0 Å². The van der Waals surface area contributed by atoms with E-state index in [2.05, 4.69) is 78.7 Å². The molecule has 2 saturated carbocycles. The molecule has 0 radical (unpaired) electrons. The molecule has 39 heavy (non-hydrogen) atoms. The van der Waals surface area contributed by atoms with Crippen LogP contribution in [0, 0.1) is 12.8 Å². The Bertz CT molecular complexity index is 1150. The minimum Gasteiger partial charge on any atom is -0.388 e. The van der Waals surface area contributed by atoms with E-state index in [4.69, 9.17) is 4.98 Å². The SMILES string of the molecule is C1CC1.C=CC1(c2cc(C)ccc2NC)CCN(CCCc2cnc3c(c2)CCC(=C)N3C2CC(C)C2)CC1. The average molecular weight is 527 g/mol. The topological polar surface area (TPSA) is 31.4 Å². The highest BCUT2D eigenvalue weighted by Crippen LogP contribution is 2.42. The molecule has 1 saturated heterocycles. The van der Waals surface area contributed by atoms with Crippen LogP contribution in [0.5, 0.6) is 0 Å². The lowest BCUT2D eigenvalue weighted by Crippen LogP contribution is -2.45. The van der Waals surface area contributed by atoms with E-state index < -0.39 is 0 Å². The summed E-state index contributed by atoms with van der Waals surface area (Å²) in [6.45, 7) is 16.6. The lowest BCUT2D eigenvalue weighted by Gasteiger charge is -2.45. The lowest BCUT2D eigenvalue weighted by molar-refractivity contribution is 0.182. The Hall–Kier alpha value is -2.59. The third kappa shape index (κ3) is 6.43. The van der Waals surface area contributed by atoms with Crippen molar-refractivity contribution < 1.29 is 0 Å². The predicted octanol–water partition coefficient (Wildman–Crippen LogP) is 7.82. The van der Waals surface area contributed by atoms with Crippen LogP contribution in [0.3, 0.4) is 0 Å². The van der Waals surface area contributed by atoms with E-state index in [1.807, 2.05) is 7.05 Å². The van der Waals surface area contributed by atoms with Crippen LogP contribution in [0.2, 0.25) is 0 Å². The van der Waals surface area contributed by atoms with Gasteiger partial charge in [-0.15, -0.1) is 6.58 Å². The lowest BCUT2D eigenvalue weighted by atomic mass is 9.72. The number of fused-ring (bicyclic) bond motifs is 1. The van der Waals surface area contributed by atoms with Gasteiger partial charge in [-0.3, -0.25) is 0 Å². The van der Waals surface area contributed by atoms with Gasteiger partial charge in [0.25, 0.3) is 0 Å². The fourth-order valence-corrected chi connectivity index (χ4v) is 6.70. The molecular formula is C35H50N4. The zero-order chi connectivity index (χ0) is 27.4. The number of aromatic nitrogens is 1. The van der Waals surface area contributed by atoms with E-state index in [1.54, 1.807) is 0 Å². The number of benzene rings is 1. The molecule has 4 aliphatic rings. The molecule has 6 rings (SSSR count). The normalized spacial score (nSPS) is 23.7. The minimum atomic E-state index is 0.0669. The van der Waals surface area contributed by atoms with E-state index in [0.29, 0.717) is 6.04 Å². The van der Waals surface area contributed by atoms with Crippen molar-refractivity contribution in [1.82, 2.24) is 9.88 Å². The van der Waals surface area contributed by atoms with Crippen LogP contribution in [0.1, 0.15) is 87.0 Å². The van der Waals surface area contributed by atoms with Crippen LogP contribution < -0.4 is 10.2 Å². The van der Waals surface area contributed by atoms with Crippen molar-refractivity contribution in [3.63, 3.8) is 0 Å². The van der Waals surface area contributed by atoms with Crippen molar-refractivity contribution in [1.29, 1.82) is 0 Å². The Labute approximate surface area is 237 Å². The van der Waals surface area contributed by atoms with Gasteiger partial charge in [0.15, 0.2) is 0 Å². The van der Waals surface area contributed by atoms with E-state index in [1.165, 1.54) is 78.0 Å². The quantitative estimate of drug-likeness (QED) is 0.355. The maximum absolute atomic E-state index is 4.97. The minimum absolute atomic E-state index is 0.0669. The fraction of sp³-hybridized carbons (Fsp3) is 0.571. The van der Waals surface area contributed by atoms with Gasteiger partial charge in [0.1, 0.15) is 5.82 Å². The molecule has 1 aromatic heterocycles. The second-order valence-corrected chi connectivity index (χ2v) is 12.7. The van der Waals surface area contributed by atoms with Gasteiger partial charge < -0.3 is 15.1 Å². The molecule has 3 fully saturated rings. The third-order valence-corrected chi connectivity index (χ3v) is 9.38. The van der Waals surface area contributed by atoms with E-state index in [0.717, 1.165) is 57.7 Å². The maximum Gasteiger partial charge on any atom is 0.136 e. The molecule has 2 aliphatic carbocycles. The van der Waals surface area contributed by atoms with Gasteiger partial charge in [-0.05, 0) is 107 Å². The number of rotatable bonds is 8. The van der Waals surface area contributed by atoms with Gasteiger partial charge in [-0.1, -0.05) is 62.6 Å². The molecule has 3 heterocycles. The average Bonchev–Trinajstić information content (AvgIpc) is 3.82. The summed E-state index contributed by atoms with van der Waals surface area (Å²) in [7, 11) is 2.03. The molecule has 1 N–H and O–H groups in total. The second-order valence-electron chi connectivity index (χ2n) is 12.7. The molecule has 1 aromatic carbocycles. The molecule has 2 aliphatic heterocycles. The molecule has 4 heteroatoms. The Balaban J connectivity index is 0.000000962. The molecule has 0 amide bonds. The zero-order valence-electron chi connectivity index (χ0n) is 24.8. The summed E-state index contributed by atoms with van der Waals surface area (Å²) in [4.78, 5) is 10.1. The number of pyridine rings is 1. The number of hydrogen-bond donors (Lipinski definition) is 1. The Kier molecular flexibility index (Phi) is 8.81. The molecule has 0 atom stereocenters. The van der Waals surface area contributed by atoms with Gasteiger partial charge in [0, 0.05) is 36.1 Å². The molecule has 210 valence electrons. The fourth-order valence-electron chi connectivity index (χ4n) is 6.70. The monoisotopic (exact) mass is 526 g/mol. The Morgan fingerprint density at radius 2 is 1.85 bits per heavy atom. The first-order chi connectivity index (χ1) is 18.9. The van der Waals surface area contributed by atoms with Crippen LogP contribution in [0.25, 0.3) is 0 Å². The summed E-state index contributed by atoms with van der Waals surface area (Å²) in [5.74, 6) is 2.02. The van der Waals surface area contributed by atoms with Crippen LogP contribution in [0.15, 0.2) is 55.4 Å². The summed E-state index contributed by atoms with van der Waals surface area (Å²) in [6.07, 6.45) is 18.1. The van der Waals surface area contributed by atoms with Crippen molar-refractivity contribution in [2.75, 3.05) is 36.9 Å². The van der Waals surface area contributed by atoms with E-state index in [9.17, 15) is 0 Å². The highest BCUT2D eigenvalue weighted by Gasteiger charge is 2.36. The second kappa shape index (κ2) is 12.3. The number of nitrogens with zero attached hydrogens (tertiary/aromatic N) is 3. The van der Waals surface area contributed by atoms with Gasteiger partial charge >= 0.3 is 0 Å². The summed E-state index contributed by atoms with van der Waals surface area (Å²) < 4.78 is 0. The summed E-state index contributed by atoms with van der Waals surface area (Å²) in [5, 5.41) is 3.41. The summed E-state index contributed by atoms with van der Waals surface area (Å²) >= 11 is 0. The molecule has 2 aromatic rings. The largest absolute Gasteiger partial charge is 0.388 e. The van der Waals surface area contributed by atoms with Crippen LogP contribution in [-0.4, -0.2) is 42.6 Å². The Morgan fingerprint density at radius 3 is 2.49 bits per heavy atom. The standard InChI is InChI=1S/C32H44N4.C3H6/c1-6-32(29-20-23(2)9-12-30(29)33-5)13-16-35(17-14-32)15-7-8-26-21-27-11-10-25(4)36(31(27)34-22-26)28-18-24(3)19-28;1-2-3-1/h6,9,12,20-22,24,28,33H,1,4,7-8,10-11,13-19H2,2-3,5H3;1-3H2. The number of piperidine rings is 1. The van der Waals surface area contributed by atoms with Gasteiger partial charge in [0.05, 0.1) is 0 Å². The number of hydrogen-bond acceptors (Lipinski definition) is 4. The Morgan fingerprint density at radius 1 is 1.10 bits per heavy atom. The van der Waals surface area contributed by atoms with Crippen LogP contribution >= 0.6 is 0 Å². The number of likely N-dealkylation sites (tertiary alicyclic amines) is 1. The highest BCUT2D eigenvalue weighted by molar-refractivity contribution is 5.58. The first-order valence-electron chi connectivity index (χ1n) is 15.5. The van der Waals surface area contributed by atoms with Gasteiger partial charge in [0.2, 0.25) is 0 Å². The van der Waals surface area contributed by atoms with Crippen molar-refractivity contribution in [3.05, 3.63) is 77.6 Å². The number of allylic oxidation sites excluding steroid dienone is 2. The van der Waals surface area contributed by atoms with Crippen molar-refractivity contribution in [2.45, 2.75) is 95.9 Å². The van der Waals surface area contributed by atoms with E-state index in [-0.39, 0.29) is 5.41 Å². The molecular weight excluding hydrogens is 476 g/mol. The third-order valence-electron chi connectivity index (χ3n) is 9.38. The molecule has 0 bridgehead atoms. The van der Waals surface area contributed by atoms with Crippen LogP contribution in [-0.2, 0) is 18.3 Å². The number of anilines is 2. The first kappa shape index (κ1) is 28.0. The van der Waals surface area contributed by atoms with Gasteiger partial charge in [-0.25, -0.2) is 4.98 Å². The van der Waals surface area contributed by atoms with Crippen LogP contribution in [0.4, 0.5) is 11.5 Å². The first-order valence-corrected chi connectivity index (χ1v) is 15.5. The van der Waals surface area contributed by atoms with Crippen molar-refractivity contribution in [3.8, 4) is 0 Å². The van der Waals surface area contributed by atoms with Gasteiger partial charge in [-0.2, -0.15) is 0 Å². The number of aryl methyl sites for hydroxylation is 3. The molecule has 4 nitrogen and oxygen atoms in total. The zero-order valence-corrected chi connectivity index (χ0v) is 24.8. The highest BCUT2D eigenvalue weighted by atomic mass is 15.2. The molecule has 0 unspecified atom stereocenters. The predicted molar refractivity (Wildman–Crippen MR) is 167 cm³/mol. The smallest absolute Gasteiger partial charge is 0.136 e. The summed E-state index contributed by atoms with van der Waals surface area (Å²) in [5.41, 5.74) is 8.10. The summed E-state index contributed by atoms with van der Waals surface area (Å²) in [6, 6.07) is 9.80. The van der Waals surface area contributed by atoms with Crippen molar-refractivity contribution >= 4 is 11.5 Å².